The molecule has 0 spiro atoms. The van der Waals surface area contributed by atoms with Gasteiger partial charge in [0.2, 0.25) is 0 Å². The van der Waals surface area contributed by atoms with E-state index in [1.807, 2.05) is 6.92 Å². The van der Waals surface area contributed by atoms with Gasteiger partial charge in [0.15, 0.2) is 0 Å². The fourth-order valence-electron chi connectivity index (χ4n) is 1.89. The molecule has 0 saturated carbocycles. The minimum absolute atomic E-state index is 0.0520. The Labute approximate surface area is 102 Å². The van der Waals surface area contributed by atoms with Crippen molar-refractivity contribution in [1.82, 2.24) is 5.43 Å². The summed E-state index contributed by atoms with van der Waals surface area (Å²) in [4.78, 5) is 2.53. The van der Waals surface area contributed by atoms with Crippen LogP contribution in [0.2, 0.25) is 0 Å². The van der Waals surface area contributed by atoms with Gasteiger partial charge in [-0.15, -0.1) is 11.3 Å². The maximum Gasteiger partial charge on any atom is 0.0866 e. The molecule has 0 aliphatic heterocycles. The summed E-state index contributed by atoms with van der Waals surface area (Å²) >= 11 is 1.77. The van der Waals surface area contributed by atoms with Crippen molar-refractivity contribution < 1.29 is 4.74 Å². The summed E-state index contributed by atoms with van der Waals surface area (Å²) in [7, 11) is 0. The van der Waals surface area contributed by atoms with Crippen LogP contribution in [-0.2, 0) is 4.74 Å². The van der Waals surface area contributed by atoms with Gasteiger partial charge < -0.3 is 4.74 Å². The van der Waals surface area contributed by atoms with E-state index in [9.17, 15) is 0 Å². The molecule has 0 aliphatic rings. The highest BCUT2D eigenvalue weighted by Crippen LogP contribution is 2.35. The van der Waals surface area contributed by atoms with Crippen molar-refractivity contribution in [2.75, 3.05) is 6.61 Å². The summed E-state index contributed by atoms with van der Waals surface area (Å²) < 4.78 is 5.86. The molecular formula is C12H22N2OS. The fraction of sp³-hybridized carbons (Fsp3) is 0.667. The summed E-state index contributed by atoms with van der Waals surface area (Å²) in [6.45, 7) is 9.05. The first-order valence-corrected chi connectivity index (χ1v) is 6.55. The Hall–Kier alpha value is -0.420. The first-order valence-electron chi connectivity index (χ1n) is 5.73. The van der Waals surface area contributed by atoms with Crippen molar-refractivity contribution >= 4 is 11.3 Å². The second-order valence-electron chi connectivity index (χ2n) is 4.15. The number of nitrogens with one attached hydrogen (secondary N) is 1. The van der Waals surface area contributed by atoms with E-state index in [2.05, 4.69) is 38.3 Å². The van der Waals surface area contributed by atoms with Gasteiger partial charge in [0, 0.05) is 16.4 Å². The molecule has 0 radical (unpaired) electrons. The van der Waals surface area contributed by atoms with Crippen LogP contribution in [0.15, 0.2) is 12.1 Å². The van der Waals surface area contributed by atoms with Crippen LogP contribution in [0.3, 0.4) is 0 Å². The van der Waals surface area contributed by atoms with Gasteiger partial charge >= 0.3 is 0 Å². The minimum Gasteiger partial charge on any atom is -0.374 e. The Morgan fingerprint density at radius 3 is 2.56 bits per heavy atom. The number of nitrogens with two attached hydrogens (primary N) is 1. The lowest BCUT2D eigenvalue weighted by Gasteiger charge is -2.35. The Morgan fingerprint density at radius 1 is 1.50 bits per heavy atom. The van der Waals surface area contributed by atoms with Crippen LogP contribution >= 0.6 is 11.3 Å². The lowest BCUT2D eigenvalue weighted by atomic mass is 9.92. The third-order valence-corrected chi connectivity index (χ3v) is 4.06. The predicted molar refractivity (Wildman–Crippen MR) is 69.4 cm³/mol. The zero-order valence-corrected chi connectivity index (χ0v) is 11.4. The highest BCUT2D eigenvalue weighted by Gasteiger charge is 2.34. The van der Waals surface area contributed by atoms with Crippen LogP contribution in [0, 0.1) is 6.92 Å². The van der Waals surface area contributed by atoms with E-state index in [1.165, 1.54) is 9.75 Å². The lowest BCUT2D eigenvalue weighted by Crippen LogP contribution is -2.45. The standard InChI is InChI=1S/C12H22N2OS/c1-5-12(4,15-6-2)11(14-13)10-8-7-9(3)16-10/h7-8,11,14H,5-6,13H2,1-4H3. The van der Waals surface area contributed by atoms with E-state index >= 15 is 0 Å². The first-order chi connectivity index (χ1) is 7.57. The molecule has 1 aromatic rings. The Kier molecular flexibility index (Phi) is 4.92. The number of aryl methyl sites for hydroxylation is 1. The van der Waals surface area contributed by atoms with Gasteiger partial charge in [-0.25, -0.2) is 5.43 Å². The van der Waals surface area contributed by atoms with Crippen molar-refractivity contribution in [2.24, 2.45) is 5.84 Å². The Bertz CT molecular complexity index is 327. The van der Waals surface area contributed by atoms with Gasteiger partial charge in [0.05, 0.1) is 11.6 Å². The summed E-state index contributed by atoms with van der Waals surface area (Å²) in [6.07, 6.45) is 0.923. The van der Waals surface area contributed by atoms with Crippen molar-refractivity contribution in [2.45, 2.75) is 45.8 Å². The third-order valence-electron chi connectivity index (χ3n) is 3.00. The topological polar surface area (TPSA) is 47.3 Å². The molecule has 4 heteroatoms. The average Bonchev–Trinajstić information content (AvgIpc) is 2.66. The smallest absolute Gasteiger partial charge is 0.0866 e. The van der Waals surface area contributed by atoms with Crippen molar-refractivity contribution in [1.29, 1.82) is 0 Å². The molecule has 2 unspecified atom stereocenters. The van der Waals surface area contributed by atoms with Crippen molar-refractivity contribution in [3.8, 4) is 0 Å². The predicted octanol–water partition coefficient (Wildman–Crippen LogP) is 2.77. The molecule has 0 fully saturated rings. The van der Waals surface area contributed by atoms with Gasteiger partial charge in [-0.3, -0.25) is 5.84 Å². The second-order valence-corrected chi connectivity index (χ2v) is 5.47. The highest BCUT2D eigenvalue weighted by atomic mass is 32.1. The summed E-state index contributed by atoms with van der Waals surface area (Å²) in [6, 6.07) is 4.29. The van der Waals surface area contributed by atoms with Gasteiger partial charge in [-0.2, -0.15) is 0 Å². The number of thiophene rings is 1. The molecular weight excluding hydrogens is 220 g/mol. The van der Waals surface area contributed by atoms with Crippen LogP contribution in [-0.4, -0.2) is 12.2 Å². The lowest BCUT2D eigenvalue weighted by molar-refractivity contribution is -0.0555. The van der Waals surface area contributed by atoms with Crippen LogP contribution in [0.4, 0.5) is 0 Å². The molecule has 0 saturated heterocycles. The molecule has 3 nitrogen and oxygen atoms in total. The van der Waals surface area contributed by atoms with Crippen LogP contribution in [0.5, 0.6) is 0 Å². The quantitative estimate of drug-likeness (QED) is 0.595. The molecule has 0 aliphatic carbocycles. The van der Waals surface area contributed by atoms with Gasteiger partial charge in [0.25, 0.3) is 0 Å². The normalized spacial score (nSPS) is 17.1. The van der Waals surface area contributed by atoms with Gasteiger partial charge in [-0.1, -0.05) is 6.92 Å². The van der Waals surface area contributed by atoms with E-state index in [4.69, 9.17) is 10.6 Å². The van der Waals surface area contributed by atoms with E-state index in [0.29, 0.717) is 6.61 Å². The summed E-state index contributed by atoms with van der Waals surface area (Å²) in [5.41, 5.74) is 2.64. The number of ether oxygens (including phenoxy) is 1. The number of hydrazine groups is 1. The van der Waals surface area contributed by atoms with E-state index < -0.39 is 0 Å². The van der Waals surface area contributed by atoms with Gasteiger partial charge in [0.1, 0.15) is 0 Å². The monoisotopic (exact) mass is 242 g/mol. The average molecular weight is 242 g/mol. The molecule has 3 N–H and O–H groups in total. The first kappa shape index (κ1) is 13.6. The largest absolute Gasteiger partial charge is 0.374 e. The second kappa shape index (κ2) is 5.77. The van der Waals surface area contributed by atoms with Crippen LogP contribution < -0.4 is 11.3 Å². The molecule has 0 amide bonds. The van der Waals surface area contributed by atoms with Crippen molar-refractivity contribution in [3.63, 3.8) is 0 Å². The summed E-state index contributed by atoms with van der Waals surface area (Å²) in [5.74, 6) is 5.68. The molecule has 0 aromatic carbocycles. The maximum absolute atomic E-state index is 5.86. The molecule has 0 bridgehead atoms. The van der Waals surface area contributed by atoms with Gasteiger partial charge in [-0.05, 0) is 39.3 Å². The molecule has 1 rings (SSSR count). The molecule has 1 heterocycles. The van der Waals surface area contributed by atoms with Crippen LogP contribution in [0.1, 0.15) is 43.0 Å². The Balaban J connectivity index is 2.95. The fourth-order valence-corrected chi connectivity index (χ4v) is 2.97. The summed E-state index contributed by atoms with van der Waals surface area (Å²) in [5, 5.41) is 0. The molecule has 1 aromatic heterocycles. The minimum atomic E-state index is -0.249. The molecule has 92 valence electrons. The number of rotatable bonds is 6. The van der Waals surface area contributed by atoms with E-state index in [1.54, 1.807) is 11.3 Å². The Morgan fingerprint density at radius 2 is 2.19 bits per heavy atom. The molecule has 16 heavy (non-hydrogen) atoms. The van der Waals surface area contributed by atoms with E-state index in [0.717, 1.165) is 6.42 Å². The third kappa shape index (κ3) is 2.83. The highest BCUT2D eigenvalue weighted by molar-refractivity contribution is 7.12. The zero-order chi connectivity index (χ0) is 12.2. The zero-order valence-electron chi connectivity index (χ0n) is 10.5. The SMILES string of the molecule is CCOC(C)(CC)C(NN)c1ccc(C)s1. The van der Waals surface area contributed by atoms with E-state index in [-0.39, 0.29) is 11.6 Å². The number of hydrogen-bond donors (Lipinski definition) is 2. The molecule has 2 atom stereocenters. The van der Waals surface area contributed by atoms with Crippen molar-refractivity contribution in [3.05, 3.63) is 21.9 Å². The maximum atomic E-state index is 5.86. The number of hydrogen-bond acceptors (Lipinski definition) is 4. The van der Waals surface area contributed by atoms with Crippen LogP contribution in [0.25, 0.3) is 0 Å².